The van der Waals surface area contributed by atoms with E-state index >= 15 is 0 Å². The molecule has 2 N–H and O–H groups in total. The first kappa shape index (κ1) is 15.3. The first-order valence-corrected chi connectivity index (χ1v) is 7.46. The number of nitrogens with one attached hydrogen (secondary N) is 1. The number of carboxylic acid groups (broad SMARTS) is 1. The van der Waals surface area contributed by atoms with Gasteiger partial charge in [-0.05, 0) is 12.2 Å². The summed E-state index contributed by atoms with van der Waals surface area (Å²) in [6.45, 7) is 2.58. The molecule has 0 spiro atoms. The van der Waals surface area contributed by atoms with Gasteiger partial charge in [0.2, 0.25) is 5.91 Å². The minimum absolute atomic E-state index is 0.0665. The Kier molecular flexibility index (Phi) is 6.49. The highest BCUT2D eigenvalue weighted by molar-refractivity contribution is 7.99. The van der Waals surface area contributed by atoms with Gasteiger partial charge in [0.25, 0.3) is 0 Å². The number of rotatable bonds is 8. The highest BCUT2D eigenvalue weighted by Crippen LogP contribution is 2.19. The number of carboxylic acids is 1. The van der Waals surface area contributed by atoms with Gasteiger partial charge in [-0.15, -0.1) is 0 Å². The lowest BCUT2D eigenvalue weighted by molar-refractivity contribution is -0.147. The average molecular weight is 275 g/mol. The quantitative estimate of drug-likeness (QED) is 0.652. The maximum Gasteiger partial charge on any atom is 0.331 e. The van der Waals surface area contributed by atoms with Crippen LogP contribution in [0.3, 0.4) is 0 Å². The minimum Gasteiger partial charge on any atom is -0.479 e. The van der Waals surface area contributed by atoms with Crippen LogP contribution in [0.25, 0.3) is 0 Å². The van der Waals surface area contributed by atoms with Crippen molar-refractivity contribution in [1.82, 2.24) is 5.32 Å². The molecule has 0 aliphatic carbocycles. The van der Waals surface area contributed by atoms with E-state index in [0.717, 1.165) is 24.3 Å². The van der Waals surface area contributed by atoms with E-state index in [1.807, 2.05) is 0 Å². The number of ether oxygens (including phenoxy) is 1. The molecule has 1 aliphatic rings. The fraction of sp³-hybridized carbons (Fsp3) is 0.833. The van der Waals surface area contributed by atoms with Gasteiger partial charge in [0.15, 0.2) is 5.54 Å². The summed E-state index contributed by atoms with van der Waals surface area (Å²) < 4.78 is 5.08. The fourth-order valence-electron chi connectivity index (χ4n) is 1.73. The van der Waals surface area contributed by atoms with Crippen molar-refractivity contribution < 1.29 is 19.4 Å². The van der Waals surface area contributed by atoms with E-state index in [-0.39, 0.29) is 12.5 Å². The molecule has 0 bridgehead atoms. The van der Waals surface area contributed by atoms with Crippen LogP contribution in [0, 0.1) is 0 Å². The Morgan fingerprint density at radius 2 is 2.22 bits per heavy atom. The maximum absolute atomic E-state index is 11.7. The van der Waals surface area contributed by atoms with Crippen LogP contribution in [0.1, 0.15) is 32.6 Å². The van der Waals surface area contributed by atoms with Crippen molar-refractivity contribution in [1.29, 1.82) is 0 Å². The van der Waals surface area contributed by atoms with Gasteiger partial charge < -0.3 is 15.2 Å². The number of hydrogen-bond acceptors (Lipinski definition) is 4. The van der Waals surface area contributed by atoms with Gasteiger partial charge in [-0.2, -0.15) is 11.8 Å². The second-order valence-electron chi connectivity index (χ2n) is 4.45. The standard InChI is InChI=1S/C12H21NO4S/c1-2-3-7-18-8-4-10(14)13-12(11(15)16)5-6-17-9-12/h2-9H2,1H3,(H,13,14)(H,15,16). The van der Waals surface area contributed by atoms with E-state index in [9.17, 15) is 9.59 Å². The molecule has 0 aromatic carbocycles. The summed E-state index contributed by atoms with van der Waals surface area (Å²) in [7, 11) is 0. The normalized spacial score (nSPS) is 22.9. The van der Waals surface area contributed by atoms with Crippen molar-refractivity contribution in [3.8, 4) is 0 Å². The van der Waals surface area contributed by atoms with Crippen molar-refractivity contribution in [2.45, 2.75) is 38.1 Å². The molecule has 0 aromatic rings. The average Bonchev–Trinajstić information content (AvgIpc) is 2.78. The molecule has 104 valence electrons. The molecule has 1 aliphatic heterocycles. The van der Waals surface area contributed by atoms with Gasteiger partial charge in [0.1, 0.15) is 0 Å². The summed E-state index contributed by atoms with van der Waals surface area (Å²) in [5.41, 5.74) is -1.20. The van der Waals surface area contributed by atoms with Gasteiger partial charge in [-0.25, -0.2) is 4.79 Å². The third kappa shape index (κ3) is 4.49. The van der Waals surface area contributed by atoms with Crippen molar-refractivity contribution in [3.63, 3.8) is 0 Å². The molecule has 1 amide bonds. The van der Waals surface area contributed by atoms with Gasteiger partial charge in [-0.1, -0.05) is 13.3 Å². The third-order valence-corrected chi connectivity index (χ3v) is 4.00. The van der Waals surface area contributed by atoms with E-state index in [4.69, 9.17) is 9.84 Å². The predicted octanol–water partition coefficient (Wildman–Crippen LogP) is 1.27. The topological polar surface area (TPSA) is 75.6 Å². The first-order chi connectivity index (χ1) is 8.60. The number of aliphatic carboxylic acids is 1. The van der Waals surface area contributed by atoms with Gasteiger partial charge in [0, 0.05) is 25.2 Å². The van der Waals surface area contributed by atoms with Crippen LogP contribution >= 0.6 is 11.8 Å². The van der Waals surface area contributed by atoms with Gasteiger partial charge in [-0.3, -0.25) is 4.79 Å². The lowest BCUT2D eigenvalue weighted by Gasteiger charge is -2.23. The maximum atomic E-state index is 11.7. The van der Waals surface area contributed by atoms with Crippen LogP contribution in [0.2, 0.25) is 0 Å². The molecule has 1 atom stereocenters. The van der Waals surface area contributed by atoms with Crippen LogP contribution < -0.4 is 5.32 Å². The fourth-order valence-corrected chi connectivity index (χ4v) is 2.76. The second kappa shape index (κ2) is 7.63. The van der Waals surface area contributed by atoms with Crippen LogP contribution in [0.4, 0.5) is 0 Å². The van der Waals surface area contributed by atoms with Crippen LogP contribution in [0.15, 0.2) is 0 Å². The molecule has 1 fully saturated rings. The highest BCUT2D eigenvalue weighted by Gasteiger charge is 2.43. The summed E-state index contributed by atoms with van der Waals surface area (Å²) in [5, 5.41) is 11.8. The molecule has 0 aromatic heterocycles. The van der Waals surface area contributed by atoms with Crippen LogP contribution in [-0.2, 0) is 14.3 Å². The molecule has 18 heavy (non-hydrogen) atoms. The predicted molar refractivity (Wildman–Crippen MR) is 70.8 cm³/mol. The summed E-state index contributed by atoms with van der Waals surface area (Å²) in [5.74, 6) is 0.582. The van der Waals surface area contributed by atoms with E-state index in [1.165, 1.54) is 0 Å². The van der Waals surface area contributed by atoms with Gasteiger partial charge >= 0.3 is 5.97 Å². The SMILES string of the molecule is CCCCSCCC(=O)NC1(C(=O)O)CCOC1. The zero-order valence-electron chi connectivity index (χ0n) is 10.7. The van der Waals surface area contributed by atoms with Crippen molar-refractivity contribution in [2.24, 2.45) is 0 Å². The number of hydrogen-bond donors (Lipinski definition) is 2. The minimum atomic E-state index is -1.20. The van der Waals surface area contributed by atoms with Crippen LogP contribution in [-0.4, -0.2) is 47.2 Å². The summed E-state index contributed by atoms with van der Waals surface area (Å²) >= 11 is 1.73. The molecule has 1 saturated heterocycles. The number of carbonyl (C=O) groups is 2. The molecule has 0 radical (unpaired) electrons. The van der Waals surface area contributed by atoms with Gasteiger partial charge in [0.05, 0.1) is 6.61 Å². The summed E-state index contributed by atoms with van der Waals surface area (Å²) in [6, 6.07) is 0. The largest absolute Gasteiger partial charge is 0.479 e. The molecule has 1 heterocycles. The monoisotopic (exact) mass is 275 g/mol. The Bertz CT molecular complexity index is 290. The number of amides is 1. The van der Waals surface area contributed by atoms with Crippen molar-refractivity contribution in [2.75, 3.05) is 24.7 Å². The molecule has 5 nitrogen and oxygen atoms in total. The second-order valence-corrected chi connectivity index (χ2v) is 5.68. The molecule has 1 unspecified atom stereocenters. The molecule has 6 heteroatoms. The highest BCUT2D eigenvalue weighted by atomic mass is 32.2. The Morgan fingerprint density at radius 1 is 1.44 bits per heavy atom. The molecule has 0 saturated carbocycles. The number of unbranched alkanes of at least 4 members (excludes halogenated alkanes) is 1. The van der Waals surface area contributed by atoms with E-state index < -0.39 is 11.5 Å². The Hall–Kier alpha value is -0.750. The van der Waals surface area contributed by atoms with E-state index in [2.05, 4.69) is 12.2 Å². The summed E-state index contributed by atoms with van der Waals surface area (Å²) in [4.78, 5) is 22.9. The molecular weight excluding hydrogens is 254 g/mol. The van der Waals surface area contributed by atoms with Crippen molar-refractivity contribution in [3.05, 3.63) is 0 Å². The molecular formula is C12H21NO4S. The van der Waals surface area contributed by atoms with E-state index in [1.54, 1.807) is 11.8 Å². The lowest BCUT2D eigenvalue weighted by Crippen LogP contribution is -2.55. The zero-order chi connectivity index (χ0) is 13.4. The first-order valence-electron chi connectivity index (χ1n) is 6.30. The third-order valence-electron chi connectivity index (χ3n) is 2.93. The lowest BCUT2D eigenvalue weighted by atomic mass is 9.99. The smallest absolute Gasteiger partial charge is 0.331 e. The summed E-state index contributed by atoms with van der Waals surface area (Å²) in [6.07, 6.45) is 3.01. The Balaban J connectivity index is 2.27. The molecule has 1 rings (SSSR count). The Morgan fingerprint density at radius 3 is 2.78 bits per heavy atom. The number of carbonyl (C=O) groups excluding carboxylic acids is 1. The Labute approximate surface area is 112 Å². The van der Waals surface area contributed by atoms with Crippen LogP contribution in [0.5, 0.6) is 0 Å². The number of thioether (sulfide) groups is 1. The van der Waals surface area contributed by atoms with E-state index in [0.29, 0.717) is 19.4 Å². The van der Waals surface area contributed by atoms with Crippen molar-refractivity contribution >= 4 is 23.6 Å². The zero-order valence-corrected chi connectivity index (χ0v) is 11.6.